The molecule has 3 aromatic carbocycles. The Morgan fingerprint density at radius 2 is 1.60 bits per heavy atom. The topological polar surface area (TPSA) is 172 Å². The molecule has 2 N–H and O–H groups in total. The number of hydrogen-bond acceptors (Lipinski definition) is 11. The smallest absolute Gasteiger partial charge is 0.264 e. The van der Waals surface area contributed by atoms with Gasteiger partial charge < -0.3 is 24.6 Å². The Kier molecular flexibility index (Phi) is 13.4. The number of methoxy groups -OCH3 is 1. The van der Waals surface area contributed by atoms with Crippen LogP contribution in [0.2, 0.25) is 0 Å². The van der Waals surface area contributed by atoms with Crippen molar-refractivity contribution in [3.05, 3.63) is 88.5 Å². The number of carbonyl (C=O) groups excluding carboxylic acids is 5. The summed E-state index contributed by atoms with van der Waals surface area (Å²) in [6, 6.07) is 17.3. The molecule has 2 atom stereocenters. The van der Waals surface area contributed by atoms with Gasteiger partial charge in [-0.05, 0) is 125 Å². The van der Waals surface area contributed by atoms with Crippen LogP contribution in [0.3, 0.4) is 0 Å². The standard InChI is InChI=1S/C45H55N5O9S/c1-4-59-39-27-32(14-16-38(39)58-2)37(28-60(3,56)57)50-44(54)35-7-5-8-36(42(35)45(50)55)46-40(51)9-6-22-48-23-20-33(21-24-48)49-25-18-30(19-26-49)29-10-12-31(13-11-29)34-15-17-41(52)47-43(34)53/h5,7-8,10-14,16,27,30,33-34,37H,4,6,9,15,17-26,28H2,1-3H3,(H,46,51)(H,47,52,53)/t34?,37-/m1/s1. The van der Waals surface area contributed by atoms with Gasteiger partial charge in [-0.1, -0.05) is 36.4 Å². The maximum Gasteiger partial charge on any atom is 0.264 e. The van der Waals surface area contributed by atoms with E-state index in [-0.39, 0.29) is 46.9 Å². The van der Waals surface area contributed by atoms with Crippen LogP contribution in [0.25, 0.3) is 0 Å². The highest BCUT2D eigenvalue weighted by Crippen LogP contribution is 2.39. The number of hydrogen-bond donors (Lipinski definition) is 2. The molecule has 0 radical (unpaired) electrons. The number of nitrogens with one attached hydrogen (secondary N) is 2. The first-order valence-corrected chi connectivity index (χ1v) is 23.1. The van der Waals surface area contributed by atoms with Gasteiger partial charge in [0.25, 0.3) is 11.8 Å². The first kappa shape index (κ1) is 43.0. The van der Waals surface area contributed by atoms with Crippen LogP contribution < -0.4 is 20.1 Å². The van der Waals surface area contributed by atoms with Gasteiger partial charge >= 0.3 is 0 Å². The van der Waals surface area contributed by atoms with E-state index in [2.05, 4.69) is 44.7 Å². The molecule has 0 spiro atoms. The van der Waals surface area contributed by atoms with E-state index in [1.165, 1.54) is 18.7 Å². The summed E-state index contributed by atoms with van der Waals surface area (Å²) in [5.74, 6) is -1.47. The Balaban J connectivity index is 0.881. The monoisotopic (exact) mass is 841 g/mol. The number of nitrogens with zero attached hydrogens (tertiary/aromatic N) is 3. The fraction of sp³-hybridized carbons (Fsp3) is 0.489. The molecule has 5 amide bonds. The lowest BCUT2D eigenvalue weighted by Gasteiger charge is -2.42. The van der Waals surface area contributed by atoms with Crippen LogP contribution in [0.4, 0.5) is 5.69 Å². The third-order valence-electron chi connectivity index (χ3n) is 12.4. The van der Waals surface area contributed by atoms with E-state index in [9.17, 15) is 32.4 Å². The van der Waals surface area contributed by atoms with E-state index in [1.807, 2.05) is 0 Å². The van der Waals surface area contributed by atoms with Crippen molar-refractivity contribution < 1.29 is 41.9 Å². The van der Waals surface area contributed by atoms with E-state index in [4.69, 9.17) is 9.47 Å². The zero-order valence-corrected chi connectivity index (χ0v) is 35.4. The van der Waals surface area contributed by atoms with Gasteiger partial charge in [-0.25, -0.2) is 8.42 Å². The summed E-state index contributed by atoms with van der Waals surface area (Å²) in [6.07, 6.45) is 7.19. The second-order valence-corrected chi connectivity index (χ2v) is 18.5. The summed E-state index contributed by atoms with van der Waals surface area (Å²) in [5.41, 5.74) is 3.03. The number of rotatable bonds is 15. The molecule has 320 valence electrons. The number of fused-ring (bicyclic) bond motifs is 1. The van der Waals surface area contributed by atoms with Crippen molar-refractivity contribution in [2.75, 3.05) is 63.8 Å². The lowest BCUT2D eigenvalue weighted by Crippen LogP contribution is -2.47. The number of likely N-dealkylation sites (tertiary alicyclic amines) is 2. The van der Waals surface area contributed by atoms with Crippen molar-refractivity contribution in [1.29, 1.82) is 0 Å². The number of sulfone groups is 1. The zero-order valence-electron chi connectivity index (χ0n) is 34.6. The summed E-state index contributed by atoms with van der Waals surface area (Å²) < 4.78 is 36.4. The second-order valence-electron chi connectivity index (χ2n) is 16.4. The van der Waals surface area contributed by atoms with Gasteiger partial charge in [-0.15, -0.1) is 0 Å². The van der Waals surface area contributed by atoms with Gasteiger partial charge in [0.1, 0.15) is 9.84 Å². The molecule has 1 unspecified atom stereocenters. The van der Waals surface area contributed by atoms with Crippen molar-refractivity contribution >= 4 is 45.1 Å². The quantitative estimate of drug-likeness (QED) is 0.196. The highest BCUT2D eigenvalue weighted by molar-refractivity contribution is 7.90. The lowest BCUT2D eigenvalue weighted by molar-refractivity contribution is -0.134. The van der Waals surface area contributed by atoms with Gasteiger partial charge in [0.2, 0.25) is 17.7 Å². The van der Waals surface area contributed by atoms with Crippen molar-refractivity contribution in [1.82, 2.24) is 20.0 Å². The van der Waals surface area contributed by atoms with Crippen LogP contribution in [0.5, 0.6) is 11.5 Å². The largest absolute Gasteiger partial charge is 0.493 e. The average molecular weight is 842 g/mol. The number of amides is 5. The molecule has 3 saturated heterocycles. The van der Waals surface area contributed by atoms with E-state index in [0.29, 0.717) is 54.9 Å². The van der Waals surface area contributed by atoms with Crippen LogP contribution in [-0.2, 0) is 24.2 Å². The molecule has 0 bridgehead atoms. The lowest BCUT2D eigenvalue weighted by atomic mass is 9.85. The zero-order chi connectivity index (χ0) is 42.6. The molecular formula is C45H55N5O9S. The van der Waals surface area contributed by atoms with Crippen molar-refractivity contribution in [2.45, 2.75) is 82.2 Å². The molecule has 7 rings (SSSR count). The molecule has 0 aromatic heterocycles. The molecule has 3 fully saturated rings. The first-order chi connectivity index (χ1) is 28.8. The molecule has 4 heterocycles. The third-order valence-corrected chi connectivity index (χ3v) is 13.3. The Labute approximate surface area is 351 Å². The normalized spacial score (nSPS) is 20.2. The molecule has 60 heavy (non-hydrogen) atoms. The van der Waals surface area contributed by atoms with E-state index in [0.717, 1.165) is 75.1 Å². The molecule has 4 aliphatic rings. The first-order valence-electron chi connectivity index (χ1n) is 21.0. The molecule has 15 heteroatoms. The van der Waals surface area contributed by atoms with Gasteiger partial charge in [-0.2, -0.15) is 0 Å². The van der Waals surface area contributed by atoms with E-state index in [1.54, 1.807) is 37.3 Å². The fourth-order valence-electron chi connectivity index (χ4n) is 9.26. The number of carbonyl (C=O) groups is 5. The third kappa shape index (κ3) is 9.74. The van der Waals surface area contributed by atoms with Crippen molar-refractivity contribution in [3.63, 3.8) is 0 Å². The van der Waals surface area contributed by atoms with Gasteiger partial charge in [0.05, 0.1) is 48.2 Å². The summed E-state index contributed by atoms with van der Waals surface area (Å²) in [5, 5.41) is 5.31. The predicted octanol–water partition coefficient (Wildman–Crippen LogP) is 5.06. The summed E-state index contributed by atoms with van der Waals surface area (Å²) >= 11 is 0. The molecular weight excluding hydrogens is 787 g/mol. The summed E-state index contributed by atoms with van der Waals surface area (Å²) in [7, 11) is -2.19. The summed E-state index contributed by atoms with van der Waals surface area (Å²) in [6.45, 7) is 6.91. The molecule has 14 nitrogen and oxygen atoms in total. The number of anilines is 1. The van der Waals surface area contributed by atoms with Crippen LogP contribution in [0.1, 0.15) is 114 Å². The average Bonchev–Trinajstić information content (AvgIpc) is 3.49. The van der Waals surface area contributed by atoms with E-state index >= 15 is 0 Å². The van der Waals surface area contributed by atoms with Crippen LogP contribution in [-0.4, -0.2) is 117 Å². The Morgan fingerprint density at radius 3 is 2.27 bits per heavy atom. The molecule has 0 aliphatic carbocycles. The highest BCUT2D eigenvalue weighted by atomic mass is 32.2. The molecule has 3 aromatic rings. The van der Waals surface area contributed by atoms with Gasteiger partial charge in [-0.3, -0.25) is 34.2 Å². The van der Waals surface area contributed by atoms with Crippen LogP contribution >= 0.6 is 0 Å². The molecule has 4 aliphatic heterocycles. The van der Waals surface area contributed by atoms with Crippen molar-refractivity contribution in [2.24, 2.45) is 0 Å². The molecule has 0 saturated carbocycles. The van der Waals surface area contributed by atoms with Gasteiger partial charge in [0, 0.05) is 25.1 Å². The van der Waals surface area contributed by atoms with E-state index < -0.39 is 33.4 Å². The highest BCUT2D eigenvalue weighted by Gasteiger charge is 2.43. The maximum absolute atomic E-state index is 14.0. The number of ether oxygens (including phenoxy) is 2. The van der Waals surface area contributed by atoms with Crippen LogP contribution in [0.15, 0.2) is 60.7 Å². The fourth-order valence-corrected chi connectivity index (χ4v) is 10.2. The Morgan fingerprint density at radius 1 is 0.883 bits per heavy atom. The minimum atomic E-state index is -3.67. The Bertz CT molecular complexity index is 2210. The predicted molar refractivity (Wildman–Crippen MR) is 226 cm³/mol. The SMILES string of the molecule is CCOc1cc([C@@H](CS(C)(=O)=O)N2C(=O)c3cccc(NC(=O)CCCN4CCC(N5CCC(c6ccc(C7CCC(=O)NC7=O)cc6)CC5)CC4)c3C2=O)ccc1OC. The minimum absolute atomic E-state index is 0.0432. The van der Waals surface area contributed by atoms with Crippen LogP contribution in [0, 0.1) is 0 Å². The number of imide groups is 2. The number of benzene rings is 3. The maximum atomic E-state index is 14.0. The van der Waals surface area contributed by atoms with Crippen molar-refractivity contribution in [3.8, 4) is 11.5 Å². The number of piperidine rings is 3. The Hall–Kier alpha value is -5.12. The second kappa shape index (κ2) is 18.7. The minimum Gasteiger partial charge on any atom is -0.493 e. The van der Waals surface area contributed by atoms with Gasteiger partial charge in [0.15, 0.2) is 11.5 Å². The summed E-state index contributed by atoms with van der Waals surface area (Å²) in [4.78, 5) is 70.9.